The fourth-order valence-corrected chi connectivity index (χ4v) is 2.31. The normalized spacial score (nSPS) is 12.2. The van der Waals surface area contributed by atoms with E-state index in [-0.39, 0.29) is 24.3 Å². The van der Waals surface area contributed by atoms with Gasteiger partial charge in [0.2, 0.25) is 0 Å². The van der Waals surface area contributed by atoms with Crippen molar-refractivity contribution in [2.75, 3.05) is 11.9 Å². The molecule has 3 N–H and O–H groups in total. The molecule has 1 heterocycles. The predicted molar refractivity (Wildman–Crippen MR) is 88.2 cm³/mol. The van der Waals surface area contributed by atoms with Gasteiger partial charge < -0.3 is 20.3 Å². The Bertz CT molecular complexity index is 641. The number of hydrogen-bond donors (Lipinski definition) is 3. The van der Waals surface area contributed by atoms with Crippen molar-refractivity contribution in [1.29, 1.82) is 0 Å². The molecule has 0 bridgehead atoms. The van der Waals surface area contributed by atoms with E-state index in [1.807, 2.05) is 42.9 Å². The monoisotopic (exact) mass is 319 g/mol. The van der Waals surface area contributed by atoms with E-state index in [2.05, 4.69) is 10.6 Å². The molecule has 2 rings (SSSR count). The molecule has 124 valence electrons. The number of hydrogen-bond acceptors (Lipinski definition) is 2. The molecule has 6 heteroatoms. The standard InChI is InChI=1S/C17H22FN3O2/c1-12(2)15(7-10-22)19-17(23)20-16-11-13(5-6-14(16)18)21-8-3-4-9-21/h3-6,8-9,11-12,15,22H,7,10H2,1-2H3,(H2,19,20,23). The molecule has 2 amide bonds. The van der Waals surface area contributed by atoms with Crippen LogP contribution in [0.25, 0.3) is 5.69 Å². The first-order valence-corrected chi connectivity index (χ1v) is 7.62. The molecule has 0 saturated heterocycles. The Labute approximate surface area is 135 Å². The second-order valence-corrected chi connectivity index (χ2v) is 5.72. The molecular weight excluding hydrogens is 297 g/mol. The van der Waals surface area contributed by atoms with Gasteiger partial charge in [0.05, 0.1) is 5.69 Å². The average molecular weight is 319 g/mol. The van der Waals surface area contributed by atoms with Gasteiger partial charge in [0.15, 0.2) is 0 Å². The van der Waals surface area contributed by atoms with Crippen LogP contribution in [0.2, 0.25) is 0 Å². The second-order valence-electron chi connectivity index (χ2n) is 5.72. The van der Waals surface area contributed by atoms with Gasteiger partial charge >= 0.3 is 6.03 Å². The van der Waals surface area contributed by atoms with Gasteiger partial charge in [-0.25, -0.2) is 9.18 Å². The van der Waals surface area contributed by atoms with Gasteiger partial charge in [-0.2, -0.15) is 0 Å². The number of halogens is 1. The summed E-state index contributed by atoms with van der Waals surface area (Å²) >= 11 is 0. The van der Waals surface area contributed by atoms with E-state index >= 15 is 0 Å². The Morgan fingerprint density at radius 2 is 2.00 bits per heavy atom. The summed E-state index contributed by atoms with van der Waals surface area (Å²) in [5.74, 6) is -0.330. The minimum absolute atomic E-state index is 0.0133. The number of carbonyl (C=O) groups excluding carboxylic acids is 1. The first-order chi connectivity index (χ1) is 11.0. The van der Waals surface area contributed by atoms with Gasteiger partial charge in [-0.3, -0.25) is 0 Å². The molecule has 0 radical (unpaired) electrons. The Morgan fingerprint density at radius 1 is 1.30 bits per heavy atom. The first-order valence-electron chi connectivity index (χ1n) is 7.62. The number of rotatable bonds is 6. The highest BCUT2D eigenvalue weighted by atomic mass is 19.1. The van der Waals surface area contributed by atoms with Crippen molar-refractivity contribution < 1.29 is 14.3 Å². The van der Waals surface area contributed by atoms with Crippen LogP contribution in [0.5, 0.6) is 0 Å². The van der Waals surface area contributed by atoms with Crippen LogP contribution >= 0.6 is 0 Å². The zero-order valence-electron chi connectivity index (χ0n) is 13.3. The number of benzene rings is 1. The smallest absolute Gasteiger partial charge is 0.319 e. The van der Waals surface area contributed by atoms with E-state index in [9.17, 15) is 9.18 Å². The Hall–Kier alpha value is -2.34. The van der Waals surface area contributed by atoms with Crippen molar-refractivity contribution in [2.24, 2.45) is 5.92 Å². The topological polar surface area (TPSA) is 66.3 Å². The summed E-state index contributed by atoms with van der Waals surface area (Å²) in [5, 5.41) is 14.3. The maximum Gasteiger partial charge on any atom is 0.319 e. The highest BCUT2D eigenvalue weighted by Gasteiger charge is 2.16. The molecule has 0 aliphatic rings. The minimum Gasteiger partial charge on any atom is -0.396 e. The molecule has 1 aromatic heterocycles. The van der Waals surface area contributed by atoms with Crippen molar-refractivity contribution in [3.8, 4) is 5.69 Å². The number of amides is 2. The molecule has 1 unspecified atom stereocenters. The second kappa shape index (κ2) is 7.78. The molecule has 0 saturated carbocycles. The highest BCUT2D eigenvalue weighted by Crippen LogP contribution is 2.19. The van der Waals surface area contributed by atoms with Crippen molar-refractivity contribution in [3.05, 3.63) is 48.5 Å². The van der Waals surface area contributed by atoms with Crippen LogP contribution in [0, 0.1) is 11.7 Å². The van der Waals surface area contributed by atoms with E-state index in [1.54, 1.807) is 12.1 Å². The summed E-state index contributed by atoms with van der Waals surface area (Å²) in [6, 6.07) is 7.61. The third kappa shape index (κ3) is 4.56. The molecule has 0 fully saturated rings. The molecule has 0 aliphatic carbocycles. The number of urea groups is 1. The van der Waals surface area contributed by atoms with Gasteiger partial charge in [-0.1, -0.05) is 13.8 Å². The Morgan fingerprint density at radius 3 is 2.61 bits per heavy atom. The van der Waals surface area contributed by atoms with E-state index in [0.717, 1.165) is 5.69 Å². The summed E-state index contributed by atoms with van der Waals surface area (Å²) in [6.45, 7) is 3.89. The lowest BCUT2D eigenvalue weighted by molar-refractivity contribution is 0.227. The van der Waals surface area contributed by atoms with Gasteiger partial charge in [-0.05, 0) is 42.7 Å². The fourth-order valence-electron chi connectivity index (χ4n) is 2.31. The van der Waals surface area contributed by atoms with Crippen molar-refractivity contribution >= 4 is 11.7 Å². The third-order valence-corrected chi connectivity index (χ3v) is 3.66. The van der Waals surface area contributed by atoms with Gasteiger partial charge in [0.1, 0.15) is 5.82 Å². The lowest BCUT2D eigenvalue weighted by Gasteiger charge is -2.22. The lowest BCUT2D eigenvalue weighted by Crippen LogP contribution is -2.41. The number of nitrogens with one attached hydrogen (secondary N) is 2. The van der Waals surface area contributed by atoms with Gasteiger partial charge in [0, 0.05) is 30.7 Å². The summed E-state index contributed by atoms with van der Waals surface area (Å²) in [4.78, 5) is 12.1. The largest absolute Gasteiger partial charge is 0.396 e. The van der Waals surface area contributed by atoms with Gasteiger partial charge in [0.25, 0.3) is 0 Å². The van der Waals surface area contributed by atoms with Crippen LogP contribution < -0.4 is 10.6 Å². The molecule has 0 spiro atoms. The maximum atomic E-state index is 13.9. The summed E-state index contributed by atoms with van der Waals surface area (Å²) in [6.07, 6.45) is 4.14. The van der Waals surface area contributed by atoms with Crippen molar-refractivity contribution in [2.45, 2.75) is 26.3 Å². The SMILES string of the molecule is CC(C)C(CCO)NC(=O)Nc1cc(-n2cccc2)ccc1F. The summed E-state index contributed by atoms with van der Waals surface area (Å²) in [5.41, 5.74) is 0.864. The predicted octanol–water partition coefficient (Wildman–Crippen LogP) is 3.14. The quantitative estimate of drug-likeness (QED) is 0.766. The Balaban J connectivity index is 2.09. The maximum absolute atomic E-state index is 13.9. The number of nitrogens with zero attached hydrogens (tertiary/aromatic N) is 1. The van der Waals surface area contributed by atoms with Crippen LogP contribution in [0.15, 0.2) is 42.7 Å². The van der Waals surface area contributed by atoms with E-state index in [0.29, 0.717) is 6.42 Å². The van der Waals surface area contributed by atoms with Crippen LogP contribution in [-0.4, -0.2) is 28.4 Å². The Kier molecular flexibility index (Phi) is 5.76. The van der Waals surface area contributed by atoms with Crippen molar-refractivity contribution in [1.82, 2.24) is 9.88 Å². The van der Waals surface area contributed by atoms with E-state index in [4.69, 9.17) is 5.11 Å². The number of aliphatic hydroxyl groups is 1. The van der Waals surface area contributed by atoms with Crippen molar-refractivity contribution in [3.63, 3.8) is 0 Å². The summed E-state index contributed by atoms with van der Waals surface area (Å²) < 4.78 is 15.7. The van der Waals surface area contributed by atoms with E-state index < -0.39 is 11.8 Å². The highest BCUT2D eigenvalue weighted by molar-refractivity contribution is 5.89. The minimum atomic E-state index is -0.501. The molecule has 23 heavy (non-hydrogen) atoms. The lowest BCUT2D eigenvalue weighted by atomic mass is 10.0. The number of anilines is 1. The van der Waals surface area contributed by atoms with Gasteiger partial charge in [-0.15, -0.1) is 0 Å². The average Bonchev–Trinajstić information content (AvgIpc) is 3.03. The number of aliphatic hydroxyl groups excluding tert-OH is 1. The fraction of sp³-hybridized carbons (Fsp3) is 0.353. The first kappa shape index (κ1) is 17.0. The molecular formula is C17H22FN3O2. The molecule has 2 aromatic rings. The zero-order valence-corrected chi connectivity index (χ0v) is 13.3. The number of aromatic nitrogens is 1. The van der Waals surface area contributed by atoms with Crippen LogP contribution in [0.1, 0.15) is 20.3 Å². The van der Waals surface area contributed by atoms with Crippen LogP contribution in [-0.2, 0) is 0 Å². The molecule has 1 atom stereocenters. The molecule has 0 aliphatic heterocycles. The van der Waals surface area contributed by atoms with Crippen LogP contribution in [0.3, 0.4) is 0 Å². The molecule has 5 nitrogen and oxygen atoms in total. The summed E-state index contributed by atoms with van der Waals surface area (Å²) in [7, 11) is 0. The van der Waals surface area contributed by atoms with Crippen LogP contribution in [0.4, 0.5) is 14.9 Å². The zero-order chi connectivity index (χ0) is 16.8. The number of carbonyl (C=O) groups is 1. The van der Waals surface area contributed by atoms with E-state index in [1.165, 1.54) is 6.07 Å². The molecule has 1 aromatic carbocycles. The third-order valence-electron chi connectivity index (χ3n) is 3.66.